The molecule has 130 heavy (non-hydrogen) atoms. The Balaban J connectivity index is 1.36. The lowest BCUT2D eigenvalue weighted by Gasteiger charge is -2.29. The fourth-order valence-corrected chi connectivity index (χ4v) is 14.6. The minimum Gasteiger partial charge on any atom is -0.391 e. The number of aliphatic hydroxyl groups is 1. The molecular weight excluding hydrogens is 1680 g/mol. The Labute approximate surface area is 753 Å². The summed E-state index contributed by atoms with van der Waals surface area (Å²) in [7, 11) is 0. The first-order chi connectivity index (χ1) is 61.8. The molecule has 45 heteroatoms. The zero-order chi connectivity index (χ0) is 95.7. The largest absolute Gasteiger partial charge is 0.391 e. The van der Waals surface area contributed by atoms with Gasteiger partial charge in [-0.05, 0) is 157 Å². The number of nitrogens with one attached hydrogen (secondary N) is 24. The number of hydrogen-bond acceptors (Lipinski definition) is 20. The Hall–Kier alpha value is -13.8. The Morgan fingerprint density at radius 1 is 0.323 bits per heavy atom. The first kappa shape index (κ1) is 105. The predicted octanol–water partition coefficient (Wildman–Crippen LogP) is -3.78. The van der Waals surface area contributed by atoms with Gasteiger partial charge in [-0.15, -0.1) is 0 Å². The van der Waals surface area contributed by atoms with Crippen LogP contribution in [-0.4, -0.2) is 239 Å². The number of rotatable bonds is 58. The smallest absolute Gasteiger partial charge is 0.245 e. The highest BCUT2D eigenvalue weighted by Gasteiger charge is 2.39. The summed E-state index contributed by atoms with van der Waals surface area (Å²) in [4.78, 5) is 186. The van der Waals surface area contributed by atoms with Crippen LogP contribution in [0.4, 0.5) is 0 Å². The van der Waals surface area contributed by atoms with Crippen LogP contribution < -0.4 is 131 Å². The van der Waals surface area contributed by atoms with Gasteiger partial charge in [0.2, 0.25) is 70.9 Å². The van der Waals surface area contributed by atoms with E-state index in [4.69, 9.17) is 72.9 Å². The average molecular weight is 1810 g/mol. The molecular formula is C85H134N32O13. The molecule has 0 fully saturated rings. The number of aromatic amines is 3. The number of aliphatic hydroxyl groups excluding tert-OH is 1. The van der Waals surface area contributed by atoms with E-state index in [1.54, 1.807) is 119 Å². The number of hydrogen-bond donors (Lipinski definition) is 33. The lowest BCUT2D eigenvalue weighted by Crippen LogP contribution is -2.62. The van der Waals surface area contributed by atoms with Gasteiger partial charge in [0.15, 0.2) is 29.8 Å². The second-order valence-electron chi connectivity index (χ2n) is 33.0. The fraction of sp³-hybridized carbons (Fsp3) is 0.518. The highest BCUT2D eigenvalue weighted by molar-refractivity contribution is 6.01. The summed E-state index contributed by atoms with van der Waals surface area (Å²) < 4.78 is 0. The molecule has 0 aliphatic heterocycles. The third-order valence-electron chi connectivity index (χ3n) is 21.4. The van der Waals surface area contributed by atoms with Gasteiger partial charge in [0.05, 0.1) is 12.1 Å². The topological polar surface area (TPSA) is 792 Å². The van der Waals surface area contributed by atoms with Crippen molar-refractivity contribution in [1.82, 2.24) is 100 Å². The Morgan fingerprint density at radius 2 is 0.577 bits per heavy atom. The van der Waals surface area contributed by atoms with E-state index in [0.717, 1.165) is 0 Å². The Kier molecular flexibility index (Phi) is 43.3. The van der Waals surface area contributed by atoms with Crippen LogP contribution in [0, 0.1) is 38.9 Å². The van der Waals surface area contributed by atoms with E-state index in [0.29, 0.717) is 75.2 Å². The molecule has 41 N–H and O–H groups in total. The molecule has 6 aromatic rings. The Bertz CT molecular complexity index is 4830. The molecule has 0 saturated carbocycles. The predicted molar refractivity (Wildman–Crippen MR) is 494 cm³/mol. The zero-order valence-corrected chi connectivity index (χ0v) is 74.3. The number of guanidine groups is 5. The molecule has 0 bridgehead atoms. The monoisotopic (exact) mass is 1810 g/mol. The minimum absolute atomic E-state index is 0.00279. The fourth-order valence-electron chi connectivity index (χ4n) is 14.6. The van der Waals surface area contributed by atoms with Gasteiger partial charge >= 0.3 is 0 Å². The van der Waals surface area contributed by atoms with Crippen molar-refractivity contribution in [2.45, 2.75) is 229 Å². The molecule has 3 aromatic heterocycles. The van der Waals surface area contributed by atoms with Crippen molar-refractivity contribution < 1.29 is 62.6 Å². The summed E-state index contributed by atoms with van der Waals surface area (Å²) in [6.07, 6.45) is 3.63. The van der Waals surface area contributed by atoms with E-state index in [2.05, 4.69) is 100 Å². The maximum Gasteiger partial charge on any atom is 0.245 e. The van der Waals surface area contributed by atoms with Crippen LogP contribution in [-0.2, 0) is 76.8 Å². The molecule has 0 aliphatic carbocycles. The maximum atomic E-state index is 15.7. The van der Waals surface area contributed by atoms with Crippen LogP contribution in [0.15, 0.2) is 91.4 Å². The van der Waals surface area contributed by atoms with Crippen LogP contribution in [0.1, 0.15) is 148 Å². The molecule has 3 aromatic carbocycles. The van der Waals surface area contributed by atoms with E-state index >= 15 is 28.8 Å². The number of nitrogens with two attached hydrogens (primary N) is 8. The standard InChI is InChI=1S/C85H134N32O13/c1-45(2)37-63(75(125)107-58(69(88)119)26-12-13-31-86)112-72(122)60(28-16-34-101-83(93)94)110-77(127)65(39-48-42-104-55-23-9-6-19-51(48)55)114-74(124)62(30-18-36-103-85(97)98)111-80(130)68(47(5)118)117-79(129)67(41-50-44-106-57-25-11-8-21-53(50)57)116-78(128)66(40-49-43-105-56-24-10-7-20-52(49)56)115-73(123)61(29-17-35-102-84(95)96)109-76(126)64(38-46(3)4)113-71(121)59(27-15-33-100-82(91)92)108-70(120)54(87)22-14-32-99-81(89)90/h6-11,19-21,23-25,42-47,54,58-68,104-106,118H,12-18,22,26-41,86-87H2,1-5H3,(H2,88,119)(H,107,125)(H,108,120)(H,109,126)(H,110,127)(H,111,130)(H,112,122)(H,113,121)(H,114,124)(H,115,123)(H,116,128)(H,117,129)(H4,89,90,99)(H4,91,92,100)(H4,93,94,101)(H4,95,96,102)(H4,97,98,103)/t47-,54+,58+,59+,60+,61+,62+,63+,64+,65+,66+,67+,68+/m1/s1. The second kappa shape index (κ2) is 53.7. The zero-order valence-electron chi connectivity index (χ0n) is 74.3. The summed E-state index contributed by atoms with van der Waals surface area (Å²) in [6, 6.07) is 3.54. The number of carbonyl (C=O) groups is 12. The van der Waals surface area contributed by atoms with Crippen molar-refractivity contribution in [3.05, 3.63) is 108 Å². The van der Waals surface area contributed by atoms with Gasteiger partial charge in [-0.3, -0.25) is 84.6 Å². The van der Waals surface area contributed by atoms with Gasteiger partial charge in [0, 0.05) is 103 Å². The van der Waals surface area contributed by atoms with Crippen molar-refractivity contribution in [2.24, 2.45) is 57.7 Å². The molecule has 0 unspecified atom stereocenters. The van der Waals surface area contributed by atoms with Gasteiger partial charge in [0.25, 0.3) is 0 Å². The number of unbranched alkanes of at least 4 members (excludes halogenated alkanes) is 1. The SMILES string of the molecule is CC(C)C[C@H](NC(=O)[C@H](CCCNC(=N)N)NC(=O)[C@H](Cc1c[nH]c2ccccc12)NC(=O)[C@H](CCCNC(=N)N)NC(=O)[C@@H](NC(=O)[C@H](Cc1c[nH]c2ccccc12)NC(=O)[C@H](Cc1c[nH]c2ccccc12)NC(=O)[C@H](CCCNC(=N)N)NC(=O)[C@H](CC(C)C)NC(=O)[C@H](CCCNC(=N)N)NC(=O)[C@@H](N)CCCNC(=N)N)[C@@H](C)O)C(=O)N[C@@H](CCCCN)C(N)=O. The molecule has 0 saturated heterocycles. The van der Waals surface area contributed by atoms with Crippen molar-refractivity contribution in [3.8, 4) is 0 Å². The molecule has 6 rings (SSSR count). The van der Waals surface area contributed by atoms with Gasteiger partial charge in [0.1, 0.15) is 66.5 Å². The van der Waals surface area contributed by atoms with Crippen LogP contribution in [0.5, 0.6) is 0 Å². The van der Waals surface area contributed by atoms with E-state index in [1.165, 1.54) is 6.92 Å². The maximum absolute atomic E-state index is 15.7. The highest BCUT2D eigenvalue weighted by atomic mass is 16.3. The number of primary amides is 1. The first-order valence-corrected chi connectivity index (χ1v) is 43.6. The first-order valence-electron chi connectivity index (χ1n) is 43.6. The molecule has 0 aliphatic rings. The van der Waals surface area contributed by atoms with Crippen molar-refractivity contribution >= 4 is 133 Å². The number of carbonyl (C=O) groups excluding carboxylic acids is 12. The van der Waals surface area contributed by atoms with Gasteiger partial charge < -0.3 is 151 Å². The number of amides is 12. The normalized spacial score (nSPS) is 14.3. The summed E-state index contributed by atoms with van der Waals surface area (Å²) in [5.74, 6) is -13.2. The third-order valence-corrected chi connectivity index (χ3v) is 21.4. The van der Waals surface area contributed by atoms with Crippen LogP contribution in [0.25, 0.3) is 32.7 Å². The number of aromatic nitrogens is 3. The van der Waals surface area contributed by atoms with Gasteiger partial charge in [-0.25, -0.2) is 0 Å². The summed E-state index contributed by atoms with van der Waals surface area (Å²) in [5, 5.41) is 95.4. The number of benzene rings is 3. The molecule has 3 heterocycles. The summed E-state index contributed by atoms with van der Waals surface area (Å²) >= 11 is 0. The summed E-state index contributed by atoms with van der Waals surface area (Å²) in [5.41, 5.74) is 48.9. The molecule has 45 nitrogen and oxygen atoms in total. The van der Waals surface area contributed by atoms with Crippen LogP contribution in [0.3, 0.4) is 0 Å². The molecule has 0 radical (unpaired) electrons. The van der Waals surface area contributed by atoms with Crippen molar-refractivity contribution in [1.29, 1.82) is 27.0 Å². The molecule has 13 atom stereocenters. The molecule has 0 spiro atoms. The third kappa shape index (κ3) is 35.8. The van der Waals surface area contributed by atoms with Gasteiger partial charge in [-0.1, -0.05) is 82.3 Å². The average Bonchev–Trinajstić information content (AvgIpc) is 1.64. The van der Waals surface area contributed by atoms with Crippen molar-refractivity contribution in [3.63, 3.8) is 0 Å². The molecule has 712 valence electrons. The van der Waals surface area contributed by atoms with Crippen LogP contribution in [0.2, 0.25) is 0 Å². The van der Waals surface area contributed by atoms with E-state index in [1.807, 2.05) is 0 Å². The van der Waals surface area contributed by atoms with Crippen molar-refractivity contribution in [2.75, 3.05) is 39.3 Å². The van der Waals surface area contributed by atoms with E-state index < -0.39 is 161 Å². The number of H-pyrrole nitrogens is 3. The highest BCUT2D eigenvalue weighted by Crippen LogP contribution is 2.24. The molecule has 12 amide bonds. The lowest BCUT2D eigenvalue weighted by molar-refractivity contribution is -0.137. The van der Waals surface area contributed by atoms with E-state index in [9.17, 15) is 33.9 Å². The lowest BCUT2D eigenvalue weighted by atomic mass is 9.99. The van der Waals surface area contributed by atoms with E-state index in [-0.39, 0.29) is 159 Å². The summed E-state index contributed by atoms with van der Waals surface area (Å²) in [6.45, 7) is 9.06. The second-order valence-corrected chi connectivity index (χ2v) is 33.0. The van der Waals surface area contributed by atoms with Gasteiger partial charge in [-0.2, -0.15) is 0 Å². The minimum atomic E-state index is -1.95. The Morgan fingerprint density at radius 3 is 0.877 bits per heavy atom. The quantitative estimate of drug-likeness (QED) is 0.00990. The number of fused-ring (bicyclic) bond motifs is 3. The van der Waals surface area contributed by atoms with Crippen LogP contribution >= 0.6 is 0 Å². The number of para-hydroxylation sites is 3.